The zero-order valence-electron chi connectivity index (χ0n) is 12.1. The summed E-state index contributed by atoms with van der Waals surface area (Å²) in [6.45, 7) is 0.552. The van der Waals surface area contributed by atoms with E-state index < -0.39 is 5.97 Å². The molecule has 0 bridgehead atoms. The van der Waals surface area contributed by atoms with Crippen LogP contribution in [0.15, 0.2) is 24.7 Å². The van der Waals surface area contributed by atoms with E-state index in [1.807, 2.05) is 0 Å². The minimum absolute atomic E-state index is 0.0355. The topological polar surface area (TPSA) is 96.3 Å². The van der Waals surface area contributed by atoms with E-state index in [2.05, 4.69) is 15.0 Å². The Hall–Kier alpha value is -2.00. The summed E-state index contributed by atoms with van der Waals surface area (Å²) >= 11 is 2.90. The van der Waals surface area contributed by atoms with Gasteiger partial charge in [0, 0.05) is 30.4 Å². The van der Waals surface area contributed by atoms with Gasteiger partial charge in [-0.1, -0.05) is 0 Å². The van der Waals surface area contributed by atoms with Crippen LogP contribution in [0.25, 0.3) is 10.8 Å². The first-order valence-corrected chi connectivity index (χ1v) is 8.96. The normalized spacial score (nSPS) is 17.9. The number of aromatic nitrogens is 3. The van der Waals surface area contributed by atoms with E-state index in [1.54, 1.807) is 35.1 Å². The third kappa shape index (κ3) is 3.67. The molecule has 1 fully saturated rings. The van der Waals surface area contributed by atoms with Crippen LogP contribution < -0.4 is 0 Å². The SMILES string of the molecule is O=C(O)CC1CSCCN1C(=O)c1cnc(-c2ncccn2)s1. The average Bonchev–Trinajstić information content (AvgIpc) is 3.05. The van der Waals surface area contributed by atoms with E-state index in [1.165, 1.54) is 17.5 Å². The van der Waals surface area contributed by atoms with E-state index in [9.17, 15) is 9.59 Å². The quantitative estimate of drug-likeness (QED) is 0.895. The summed E-state index contributed by atoms with van der Waals surface area (Å²) in [5, 5.41) is 9.59. The predicted octanol–water partition coefficient (Wildman–Crippen LogP) is 1.63. The zero-order valence-corrected chi connectivity index (χ0v) is 13.7. The van der Waals surface area contributed by atoms with Crippen LogP contribution in [0, 0.1) is 0 Å². The molecule has 9 heteroatoms. The largest absolute Gasteiger partial charge is 0.481 e. The molecule has 2 aromatic rings. The minimum Gasteiger partial charge on any atom is -0.481 e. The fraction of sp³-hybridized carbons (Fsp3) is 0.357. The molecule has 7 nitrogen and oxygen atoms in total. The Kier molecular flexibility index (Phi) is 4.87. The van der Waals surface area contributed by atoms with Crippen LogP contribution in [0.1, 0.15) is 16.1 Å². The van der Waals surface area contributed by atoms with Gasteiger partial charge in [-0.2, -0.15) is 11.8 Å². The van der Waals surface area contributed by atoms with E-state index in [4.69, 9.17) is 5.11 Å². The Morgan fingerprint density at radius 1 is 1.30 bits per heavy atom. The van der Waals surface area contributed by atoms with Gasteiger partial charge in [0.25, 0.3) is 5.91 Å². The number of amides is 1. The molecule has 1 amide bonds. The highest BCUT2D eigenvalue weighted by Gasteiger charge is 2.30. The van der Waals surface area contributed by atoms with Gasteiger partial charge in [-0.15, -0.1) is 11.3 Å². The molecule has 23 heavy (non-hydrogen) atoms. The minimum atomic E-state index is -0.891. The molecule has 3 heterocycles. The van der Waals surface area contributed by atoms with Crippen molar-refractivity contribution in [1.29, 1.82) is 0 Å². The molecule has 1 atom stereocenters. The lowest BCUT2D eigenvalue weighted by atomic mass is 10.2. The van der Waals surface area contributed by atoms with Crippen LogP contribution in [0.2, 0.25) is 0 Å². The standard InChI is InChI=1S/C14H14N4O3S2/c19-11(20)6-9-8-22-5-4-18(9)14(21)10-7-17-13(23-10)12-15-2-1-3-16-12/h1-3,7,9H,4-6,8H2,(H,19,20). The van der Waals surface area contributed by atoms with E-state index >= 15 is 0 Å². The second-order valence-electron chi connectivity index (χ2n) is 4.93. The van der Waals surface area contributed by atoms with Gasteiger partial charge in [0.15, 0.2) is 10.8 Å². The number of rotatable bonds is 4. The summed E-state index contributed by atoms with van der Waals surface area (Å²) in [6.07, 6.45) is 4.72. The molecule has 0 spiro atoms. The van der Waals surface area contributed by atoms with Crippen molar-refractivity contribution in [2.75, 3.05) is 18.1 Å². The number of aliphatic carboxylic acids is 1. The molecule has 2 aromatic heterocycles. The second-order valence-corrected chi connectivity index (χ2v) is 7.11. The molecular formula is C14H14N4O3S2. The van der Waals surface area contributed by atoms with Crippen LogP contribution in [-0.2, 0) is 4.79 Å². The Balaban J connectivity index is 1.79. The lowest BCUT2D eigenvalue weighted by Gasteiger charge is -2.34. The molecule has 0 aliphatic carbocycles. The molecule has 1 N–H and O–H groups in total. The highest BCUT2D eigenvalue weighted by molar-refractivity contribution is 7.99. The molecule has 0 aromatic carbocycles. The number of carboxylic acid groups (broad SMARTS) is 1. The molecular weight excluding hydrogens is 336 g/mol. The first-order chi connectivity index (χ1) is 11.1. The lowest BCUT2D eigenvalue weighted by molar-refractivity contribution is -0.138. The molecule has 120 valence electrons. The Morgan fingerprint density at radius 2 is 2.09 bits per heavy atom. The molecule has 0 radical (unpaired) electrons. The summed E-state index contributed by atoms with van der Waals surface area (Å²) in [4.78, 5) is 38.3. The van der Waals surface area contributed by atoms with Crippen molar-refractivity contribution >= 4 is 35.0 Å². The Morgan fingerprint density at radius 3 is 2.83 bits per heavy atom. The summed E-state index contributed by atoms with van der Waals surface area (Å²) in [5.41, 5.74) is 0. The van der Waals surface area contributed by atoms with Crippen molar-refractivity contribution in [3.05, 3.63) is 29.5 Å². The number of hydrogen-bond acceptors (Lipinski definition) is 7. The summed E-state index contributed by atoms with van der Waals surface area (Å²) in [7, 11) is 0. The van der Waals surface area contributed by atoms with E-state index in [0.717, 1.165) is 5.75 Å². The zero-order chi connectivity index (χ0) is 16.2. The van der Waals surface area contributed by atoms with Gasteiger partial charge in [0.05, 0.1) is 18.7 Å². The maximum atomic E-state index is 12.7. The third-order valence-corrected chi connectivity index (χ3v) is 5.45. The fourth-order valence-electron chi connectivity index (χ4n) is 2.32. The third-order valence-electron chi connectivity index (χ3n) is 3.37. The van der Waals surface area contributed by atoms with Crippen molar-refractivity contribution in [1.82, 2.24) is 19.9 Å². The number of thioether (sulfide) groups is 1. The van der Waals surface area contributed by atoms with Gasteiger partial charge >= 0.3 is 5.97 Å². The maximum Gasteiger partial charge on any atom is 0.305 e. The average molecular weight is 350 g/mol. The summed E-state index contributed by atoms with van der Waals surface area (Å²) in [5.74, 6) is 0.878. The van der Waals surface area contributed by atoms with Gasteiger partial charge in [-0.25, -0.2) is 15.0 Å². The van der Waals surface area contributed by atoms with Crippen LogP contribution >= 0.6 is 23.1 Å². The van der Waals surface area contributed by atoms with Gasteiger partial charge in [0.1, 0.15) is 4.88 Å². The fourth-order valence-corrected chi connectivity index (χ4v) is 4.20. The molecule has 1 unspecified atom stereocenters. The number of carboxylic acids is 1. The van der Waals surface area contributed by atoms with Crippen LogP contribution in [0.3, 0.4) is 0 Å². The van der Waals surface area contributed by atoms with Crippen molar-refractivity contribution in [2.24, 2.45) is 0 Å². The first-order valence-electron chi connectivity index (χ1n) is 6.99. The predicted molar refractivity (Wildman–Crippen MR) is 87.5 cm³/mol. The Labute approximate surface area is 140 Å². The highest BCUT2D eigenvalue weighted by atomic mass is 32.2. The van der Waals surface area contributed by atoms with E-state index in [0.29, 0.717) is 28.0 Å². The molecule has 1 saturated heterocycles. The van der Waals surface area contributed by atoms with Gasteiger partial charge in [0.2, 0.25) is 0 Å². The number of nitrogens with zero attached hydrogens (tertiary/aromatic N) is 4. The smallest absolute Gasteiger partial charge is 0.305 e. The van der Waals surface area contributed by atoms with E-state index in [-0.39, 0.29) is 18.4 Å². The highest BCUT2D eigenvalue weighted by Crippen LogP contribution is 2.26. The van der Waals surface area contributed by atoms with Gasteiger partial charge < -0.3 is 10.0 Å². The van der Waals surface area contributed by atoms with Crippen molar-refractivity contribution in [2.45, 2.75) is 12.5 Å². The molecule has 1 aliphatic rings. The summed E-state index contributed by atoms with van der Waals surface area (Å²) in [6, 6.07) is 1.43. The van der Waals surface area contributed by atoms with Crippen molar-refractivity contribution in [3.8, 4) is 10.8 Å². The molecule has 3 rings (SSSR count). The number of carbonyl (C=O) groups is 2. The molecule has 0 saturated carbocycles. The van der Waals surface area contributed by atoms with Crippen molar-refractivity contribution in [3.63, 3.8) is 0 Å². The first kappa shape index (κ1) is 15.9. The van der Waals surface area contributed by atoms with Crippen LogP contribution in [0.5, 0.6) is 0 Å². The number of thiazole rings is 1. The van der Waals surface area contributed by atoms with Gasteiger partial charge in [-0.3, -0.25) is 9.59 Å². The second kappa shape index (κ2) is 7.05. The monoisotopic (exact) mass is 350 g/mol. The maximum absolute atomic E-state index is 12.7. The molecule has 1 aliphatic heterocycles. The lowest BCUT2D eigenvalue weighted by Crippen LogP contribution is -2.46. The Bertz CT molecular complexity index is 707. The number of carbonyl (C=O) groups excluding carboxylic acids is 1. The van der Waals surface area contributed by atoms with Crippen LogP contribution in [-0.4, -0.2) is 60.9 Å². The number of hydrogen-bond donors (Lipinski definition) is 1. The van der Waals surface area contributed by atoms with Crippen LogP contribution in [0.4, 0.5) is 0 Å². The van der Waals surface area contributed by atoms with Gasteiger partial charge in [-0.05, 0) is 6.07 Å². The van der Waals surface area contributed by atoms with Crippen molar-refractivity contribution < 1.29 is 14.7 Å². The summed E-state index contributed by atoms with van der Waals surface area (Å²) < 4.78 is 0.